The van der Waals surface area contributed by atoms with Crippen molar-refractivity contribution < 1.29 is 14.6 Å². The van der Waals surface area contributed by atoms with Gasteiger partial charge in [-0.05, 0) is 18.1 Å². The first-order chi connectivity index (χ1) is 12.6. The number of hydrogen-bond donors (Lipinski definition) is 1. The highest BCUT2D eigenvalue weighted by Crippen LogP contribution is 2.39. The highest BCUT2D eigenvalue weighted by Gasteiger charge is 2.22. The van der Waals surface area contributed by atoms with E-state index in [1.165, 1.54) is 15.9 Å². The highest BCUT2D eigenvalue weighted by atomic mass is 32.1. The van der Waals surface area contributed by atoms with Crippen molar-refractivity contribution in [2.45, 2.75) is 13.5 Å². The van der Waals surface area contributed by atoms with Crippen molar-refractivity contribution in [2.75, 3.05) is 20.3 Å². The molecule has 2 aromatic heterocycles. The van der Waals surface area contributed by atoms with Crippen molar-refractivity contribution in [1.29, 1.82) is 0 Å². The monoisotopic (exact) mass is 370 g/mol. The van der Waals surface area contributed by atoms with Gasteiger partial charge < -0.3 is 14.6 Å². The quantitative estimate of drug-likeness (QED) is 0.534. The van der Waals surface area contributed by atoms with Crippen LogP contribution < -0.4 is 10.3 Å². The molecule has 0 aliphatic carbocycles. The Morgan fingerprint density at radius 1 is 1.35 bits per heavy atom. The fourth-order valence-corrected chi connectivity index (χ4v) is 3.58. The number of nitrogens with zero attached hydrogens (tertiary/aromatic N) is 2. The summed E-state index contributed by atoms with van der Waals surface area (Å²) in [7, 11) is 1.58. The molecule has 0 radical (unpaired) electrons. The Balaban J connectivity index is 2.25. The minimum Gasteiger partial charge on any atom is -0.505 e. The number of thiazole rings is 1. The number of hydrogen-bond acceptors (Lipinski definition) is 6. The van der Waals surface area contributed by atoms with Crippen LogP contribution in [0.5, 0.6) is 10.9 Å². The fraction of sp³-hybridized carbons (Fsp3) is 0.263. The van der Waals surface area contributed by atoms with Crippen LogP contribution in [-0.4, -0.2) is 35.0 Å². The van der Waals surface area contributed by atoms with Gasteiger partial charge in [-0.1, -0.05) is 41.5 Å². The molecule has 0 aliphatic rings. The molecule has 7 heteroatoms. The lowest BCUT2D eigenvalue weighted by atomic mass is 10.0. The molecule has 1 N–H and O–H groups in total. The van der Waals surface area contributed by atoms with Gasteiger partial charge in [0.2, 0.25) is 0 Å². The second kappa shape index (κ2) is 7.60. The van der Waals surface area contributed by atoms with Crippen LogP contribution in [0.3, 0.4) is 0 Å². The Morgan fingerprint density at radius 2 is 2.12 bits per heavy atom. The zero-order chi connectivity index (χ0) is 18.7. The number of methoxy groups -OCH3 is 1. The third kappa shape index (κ3) is 3.17. The predicted octanol–water partition coefficient (Wildman–Crippen LogP) is 2.80. The van der Waals surface area contributed by atoms with E-state index >= 15 is 0 Å². The van der Waals surface area contributed by atoms with E-state index in [0.717, 1.165) is 5.56 Å². The van der Waals surface area contributed by atoms with Crippen molar-refractivity contribution in [3.63, 3.8) is 0 Å². The molecule has 0 unspecified atom stereocenters. The minimum atomic E-state index is -0.379. The first-order valence-corrected chi connectivity index (χ1v) is 8.77. The number of rotatable bonds is 6. The predicted molar refractivity (Wildman–Crippen MR) is 102 cm³/mol. The smallest absolute Gasteiger partial charge is 0.276 e. The molecule has 2 heterocycles. The summed E-state index contributed by atoms with van der Waals surface area (Å²) in [6, 6.07) is 7.39. The van der Waals surface area contributed by atoms with Gasteiger partial charge >= 0.3 is 0 Å². The van der Waals surface area contributed by atoms with Crippen molar-refractivity contribution >= 4 is 21.7 Å². The Hall–Kier alpha value is -2.82. The Kier molecular flexibility index (Phi) is 5.26. The van der Waals surface area contributed by atoms with E-state index in [1.54, 1.807) is 13.2 Å². The lowest BCUT2D eigenvalue weighted by Gasteiger charge is -2.11. The second-order valence-electron chi connectivity index (χ2n) is 5.61. The molecule has 0 amide bonds. The summed E-state index contributed by atoms with van der Waals surface area (Å²) in [6.45, 7) is 2.67. The number of aromatic nitrogens is 2. The Morgan fingerprint density at radius 3 is 2.81 bits per heavy atom. The number of benzene rings is 1. The molecule has 0 fully saturated rings. The van der Waals surface area contributed by atoms with Gasteiger partial charge in [-0.15, -0.1) is 6.42 Å². The number of terminal acetylenes is 1. The molecule has 0 saturated carbocycles. The van der Waals surface area contributed by atoms with Crippen LogP contribution in [-0.2, 0) is 11.3 Å². The van der Waals surface area contributed by atoms with Crippen LogP contribution >= 0.6 is 11.3 Å². The van der Waals surface area contributed by atoms with Gasteiger partial charge in [0.05, 0.1) is 18.7 Å². The van der Waals surface area contributed by atoms with Crippen molar-refractivity contribution in [3.05, 3.63) is 40.2 Å². The van der Waals surface area contributed by atoms with Gasteiger partial charge in [0, 0.05) is 7.11 Å². The van der Waals surface area contributed by atoms with E-state index < -0.39 is 0 Å². The van der Waals surface area contributed by atoms with Crippen molar-refractivity contribution in [3.8, 4) is 34.4 Å². The number of ether oxygens (including phenoxy) is 2. The lowest BCUT2D eigenvalue weighted by Crippen LogP contribution is -2.22. The maximum atomic E-state index is 13.0. The van der Waals surface area contributed by atoms with E-state index in [4.69, 9.17) is 15.9 Å². The average Bonchev–Trinajstić information content (AvgIpc) is 3.05. The van der Waals surface area contributed by atoms with E-state index in [-0.39, 0.29) is 23.4 Å². The van der Waals surface area contributed by atoms with Gasteiger partial charge in [0.25, 0.3) is 10.8 Å². The molecule has 0 atom stereocenters. The van der Waals surface area contributed by atoms with Crippen LogP contribution in [0.4, 0.5) is 0 Å². The second-order valence-corrected chi connectivity index (χ2v) is 6.57. The molecule has 1 aromatic carbocycles. The van der Waals surface area contributed by atoms with E-state index in [0.29, 0.717) is 34.3 Å². The summed E-state index contributed by atoms with van der Waals surface area (Å²) in [5.41, 5.74) is 1.71. The molecule has 3 aromatic rings. The first kappa shape index (κ1) is 18.0. The van der Waals surface area contributed by atoms with Crippen molar-refractivity contribution in [2.24, 2.45) is 0 Å². The van der Waals surface area contributed by atoms with Crippen LogP contribution in [0.15, 0.2) is 29.1 Å². The van der Waals surface area contributed by atoms with Gasteiger partial charge in [-0.25, -0.2) is 0 Å². The first-order valence-electron chi connectivity index (χ1n) is 7.96. The number of pyridine rings is 1. The summed E-state index contributed by atoms with van der Waals surface area (Å²) in [5, 5.41) is 11.2. The number of aryl methyl sites for hydroxylation is 1. The molecule has 26 heavy (non-hydrogen) atoms. The number of aromatic hydroxyl groups is 1. The van der Waals surface area contributed by atoms with Crippen LogP contribution in [0.2, 0.25) is 0 Å². The van der Waals surface area contributed by atoms with Gasteiger partial charge in [0.1, 0.15) is 17.1 Å². The standard InChI is InChI=1S/C19H18N2O4S/c1-4-9-21-17-16(26-19(20-17)25-11-10-24-3)15(22)14(18(21)23)13-8-6-5-7-12(13)2/h1,5-8,22H,9-11H2,2-3H3. The van der Waals surface area contributed by atoms with Gasteiger partial charge in [-0.3, -0.25) is 9.36 Å². The molecule has 3 rings (SSSR count). The zero-order valence-corrected chi connectivity index (χ0v) is 15.3. The molecule has 0 bridgehead atoms. The topological polar surface area (TPSA) is 73.6 Å². The van der Waals surface area contributed by atoms with Gasteiger partial charge in [0.15, 0.2) is 5.65 Å². The SMILES string of the molecule is C#CCn1c(=O)c(-c2ccccc2C)c(O)c2sc(OCCOC)nc21. The molecule has 0 saturated heterocycles. The summed E-state index contributed by atoms with van der Waals surface area (Å²) < 4.78 is 12.3. The van der Waals surface area contributed by atoms with Gasteiger partial charge in [-0.2, -0.15) is 4.98 Å². The minimum absolute atomic E-state index is 0.0513. The zero-order valence-electron chi connectivity index (χ0n) is 14.5. The normalized spacial score (nSPS) is 10.8. The lowest BCUT2D eigenvalue weighted by molar-refractivity contribution is 0.146. The highest BCUT2D eigenvalue weighted by molar-refractivity contribution is 7.20. The van der Waals surface area contributed by atoms with Crippen LogP contribution in [0.1, 0.15) is 5.56 Å². The van der Waals surface area contributed by atoms with Crippen molar-refractivity contribution in [1.82, 2.24) is 9.55 Å². The van der Waals surface area contributed by atoms with E-state index in [9.17, 15) is 9.90 Å². The molecule has 0 spiro atoms. The third-order valence-electron chi connectivity index (χ3n) is 3.93. The molecule has 6 nitrogen and oxygen atoms in total. The summed E-state index contributed by atoms with van der Waals surface area (Å²) in [4.78, 5) is 17.4. The Bertz CT molecular complexity index is 1050. The average molecular weight is 370 g/mol. The summed E-state index contributed by atoms with van der Waals surface area (Å²) in [6.07, 6.45) is 5.44. The maximum absolute atomic E-state index is 13.0. The fourth-order valence-electron chi connectivity index (χ4n) is 2.68. The number of fused-ring (bicyclic) bond motifs is 1. The molecular weight excluding hydrogens is 352 g/mol. The van der Waals surface area contributed by atoms with E-state index in [1.807, 2.05) is 25.1 Å². The molecule has 134 valence electrons. The summed E-state index contributed by atoms with van der Waals surface area (Å²) >= 11 is 1.17. The Labute approximate surface area is 154 Å². The van der Waals surface area contributed by atoms with Crippen LogP contribution in [0, 0.1) is 19.3 Å². The summed E-state index contributed by atoms with van der Waals surface area (Å²) in [5.74, 6) is 2.37. The third-order valence-corrected chi connectivity index (χ3v) is 4.90. The molecular formula is C19H18N2O4S. The van der Waals surface area contributed by atoms with E-state index in [2.05, 4.69) is 10.9 Å². The maximum Gasteiger partial charge on any atom is 0.276 e. The molecule has 0 aliphatic heterocycles. The largest absolute Gasteiger partial charge is 0.505 e. The van der Waals surface area contributed by atoms with Crippen LogP contribution in [0.25, 0.3) is 21.5 Å².